The first-order valence-corrected chi connectivity index (χ1v) is 8.39. The predicted molar refractivity (Wildman–Crippen MR) is 81.2 cm³/mol. The van der Waals surface area contributed by atoms with E-state index < -0.39 is 11.6 Å². The van der Waals surface area contributed by atoms with E-state index in [2.05, 4.69) is 0 Å². The number of nitrogens with zero attached hydrogens (tertiary/aromatic N) is 1. The zero-order valence-electron chi connectivity index (χ0n) is 14.0. The van der Waals surface area contributed by atoms with Gasteiger partial charge in [-0.2, -0.15) is 0 Å². The van der Waals surface area contributed by atoms with Crippen LogP contribution in [0.25, 0.3) is 0 Å². The van der Waals surface area contributed by atoms with E-state index in [-0.39, 0.29) is 18.0 Å². The monoisotopic (exact) mass is 309 g/mol. The highest BCUT2D eigenvalue weighted by Crippen LogP contribution is 2.54. The number of rotatable bonds is 1. The van der Waals surface area contributed by atoms with Crippen LogP contribution in [0, 0.1) is 23.7 Å². The number of fused-ring (bicyclic) bond motifs is 2. The second-order valence-electron chi connectivity index (χ2n) is 8.02. The van der Waals surface area contributed by atoms with Crippen LogP contribution in [-0.4, -0.2) is 42.3 Å². The van der Waals surface area contributed by atoms with Crippen molar-refractivity contribution in [2.24, 2.45) is 23.7 Å². The predicted octanol–water partition coefficient (Wildman–Crippen LogP) is 2.83. The van der Waals surface area contributed by atoms with Crippen molar-refractivity contribution in [3.05, 3.63) is 0 Å². The summed E-state index contributed by atoms with van der Waals surface area (Å²) >= 11 is 0. The van der Waals surface area contributed by atoms with Crippen LogP contribution in [0.3, 0.4) is 0 Å². The summed E-state index contributed by atoms with van der Waals surface area (Å²) in [7, 11) is 1.41. The number of hydrogen-bond acceptors (Lipinski definition) is 4. The Bertz CT molecular complexity index is 462. The maximum absolute atomic E-state index is 12.6. The maximum Gasteiger partial charge on any atom is 0.411 e. The Balaban J connectivity index is 1.86. The van der Waals surface area contributed by atoms with Gasteiger partial charge in [-0.1, -0.05) is 0 Å². The van der Waals surface area contributed by atoms with E-state index >= 15 is 0 Å². The second-order valence-corrected chi connectivity index (χ2v) is 8.02. The summed E-state index contributed by atoms with van der Waals surface area (Å²) in [6.07, 6.45) is 4.46. The fraction of sp³-hybridized carbons (Fsp3) is 0.882. The highest BCUT2D eigenvalue weighted by molar-refractivity contribution is 5.82. The Labute approximate surface area is 132 Å². The molecule has 124 valence electrons. The van der Waals surface area contributed by atoms with Gasteiger partial charge in [0.05, 0.1) is 7.11 Å². The van der Waals surface area contributed by atoms with Crippen LogP contribution in [0.15, 0.2) is 0 Å². The number of likely N-dealkylation sites (tertiary alicyclic amines) is 1. The first kappa shape index (κ1) is 15.6. The minimum Gasteiger partial charge on any atom is -0.467 e. The van der Waals surface area contributed by atoms with E-state index in [4.69, 9.17) is 9.47 Å². The summed E-state index contributed by atoms with van der Waals surface area (Å²) in [4.78, 5) is 26.6. The van der Waals surface area contributed by atoms with Crippen molar-refractivity contribution in [2.45, 2.75) is 58.1 Å². The number of amides is 1. The third kappa shape index (κ3) is 2.59. The molecule has 1 aliphatic heterocycles. The van der Waals surface area contributed by atoms with Gasteiger partial charge in [0, 0.05) is 6.54 Å². The number of carbonyl (C=O) groups is 2. The topological polar surface area (TPSA) is 55.8 Å². The number of carbonyl (C=O) groups excluding carboxylic acids is 2. The third-order valence-corrected chi connectivity index (χ3v) is 5.64. The number of ether oxygens (including phenoxy) is 2. The Kier molecular flexibility index (Phi) is 3.86. The van der Waals surface area contributed by atoms with E-state index in [1.54, 1.807) is 4.90 Å². The molecule has 2 bridgehead atoms. The SMILES string of the molecule is COC(=O)[C@@H]1[C@H]2C3CCC(CC3)[C@H]2CN1C(=O)OC(C)(C)C. The Hall–Kier alpha value is -1.26. The average Bonchev–Trinajstić information content (AvgIpc) is 2.88. The Morgan fingerprint density at radius 1 is 1.05 bits per heavy atom. The van der Waals surface area contributed by atoms with Gasteiger partial charge in [-0.25, -0.2) is 9.59 Å². The van der Waals surface area contributed by atoms with Gasteiger partial charge < -0.3 is 9.47 Å². The highest BCUT2D eigenvalue weighted by atomic mass is 16.6. The van der Waals surface area contributed by atoms with E-state index in [1.807, 2.05) is 20.8 Å². The summed E-state index contributed by atoms with van der Waals surface area (Å²) in [6, 6.07) is -0.460. The summed E-state index contributed by atoms with van der Waals surface area (Å²) < 4.78 is 10.5. The first-order valence-electron chi connectivity index (χ1n) is 8.39. The molecule has 1 heterocycles. The van der Waals surface area contributed by atoms with Crippen LogP contribution in [0.4, 0.5) is 4.79 Å². The lowest BCUT2D eigenvalue weighted by Gasteiger charge is -2.46. The van der Waals surface area contributed by atoms with Crippen LogP contribution < -0.4 is 0 Å². The minimum atomic E-state index is -0.551. The zero-order valence-corrected chi connectivity index (χ0v) is 14.0. The summed E-state index contributed by atoms with van der Waals surface area (Å²) in [5.74, 6) is 1.60. The van der Waals surface area contributed by atoms with Crippen molar-refractivity contribution < 1.29 is 19.1 Å². The van der Waals surface area contributed by atoms with Crippen LogP contribution in [-0.2, 0) is 14.3 Å². The molecular formula is C17H27NO4. The lowest BCUT2D eigenvalue weighted by atomic mass is 9.58. The van der Waals surface area contributed by atoms with E-state index in [1.165, 1.54) is 32.8 Å². The standard InChI is InChI=1S/C17H27NO4/c1-17(2,3)22-16(20)18-9-12-10-5-7-11(8-6-10)13(12)14(18)15(19)21-4/h10-14H,5-9H2,1-4H3/t10?,11?,12-,13+,14+/m1/s1. The molecule has 0 unspecified atom stereocenters. The molecule has 5 heteroatoms. The van der Waals surface area contributed by atoms with Gasteiger partial charge in [0.2, 0.25) is 0 Å². The molecule has 3 saturated carbocycles. The minimum absolute atomic E-state index is 0.257. The van der Waals surface area contributed by atoms with Gasteiger partial charge in [0.25, 0.3) is 0 Å². The van der Waals surface area contributed by atoms with Crippen molar-refractivity contribution >= 4 is 12.1 Å². The lowest BCUT2D eigenvalue weighted by Crippen LogP contribution is -2.48. The zero-order chi connectivity index (χ0) is 16.1. The van der Waals surface area contributed by atoms with Crippen molar-refractivity contribution in [1.29, 1.82) is 0 Å². The molecule has 4 rings (SSSR count). The molecule has 0 N–H and O–H groups in total. The van der Waals surface area contributed by atoms with Crippen LogP contribution in [0.1, 0.15) is 46.5 Å². The molecule has 1 amide bonds. The molecular weight excluding hydrogens is 282 g/mol. The van der Waals surface area contributed by atoms with E-state index in [0.717, 1.165) is 0 Å². The lowest BCUT2D eigenvalue weighted by molar-refractivity contribution is -0.148. The number of hydrogen-bond donors (Lipinski definition) is 0. The van der Waals surface area contributed by atoms with Crippen molar-refractivity contribution in [3.8, 4) is 0 Å². The number of methoxy groups -OCH3 is 1. The van der Waals surface area contributed by atoms with Gasteiger partial charge in [0.1, 0.15) is 11.6 Å². The fourth-order valence-corrected chi connectivity index (χ4v) is 4.85. The highest BCUT2D eigenvalue weighted by Gasteiger charge is 2.57. The van der Waals surface area contributed by atoms with Gasteiger partial charge >= 0.3 is 12.1 Å². The van der Waals surface area contributed by atoms with Gasteiger partial charge in [-0.15, -0.1) is 0 Å². The molecule has 0 radical (unpaired) electrons. The van der Waals surface area contributed by atoms with Crippen molar-refractivity contribution in [2.75, 3.05) is 13.7 Å². The molecule has 1 saturated heterocycles. The quantitative estimate of drug-likeness (QED) is 0.699. The molecule has 0 aromatic heterocycles. The van der Waals surface area contributed by atoms with Gasteiger partial charge in [-0.3, -0.25) is 4.90 Å². The summed E-state index contributed by atoms with van der Waals surface area (Å²) in [5, 5.41) is 0. The number of esters is 1. The molecule has 4 aliphatic rings. The first-order chi connectivity index (χ1) is 10.3. The Morgan fingerprint density at radius 3 is 2.18 bits per heavy atom. The van der Waals surface area contributed by atoms with Crippen molar-refractivity contribution in [1.82, 2.24) is 4.90 Å². The van der Waals surface area contributed by atoms with Gasteiger partial charge in [-0.05, 0) is 70.1 Å². The average molecular weight is 309 g/mol. The molecule has 0 spiro atoms. The molecule has 4 fully saturated rings. The molecule has 0 aromatic rings. The normalized spacial score (nSPS) is 36.9. The van der Waals surface area contributed by atoms with E-state index in [9.17, 15) is 9.59 Å². The fourth-order valence-electron chi connectivity index (χ4n) is 4.85. The second kappa shape index (κ2) is 5.43. The largest absolute Gasteiger partial charge is 0.467 e. The summed E-state index contributed by atoms with van der Waals surface area (Å²) in [5.41, 5.74) is -0.551. The van der Waals surface area contributed by atoms with Gasteiger partial charge in [0.15, 0.2) is 0 Å². The maximum atomic E-state index is 12.6. The molecule has 22 heavy (non-hydrogen) atoms. The third-order valence-electron chi connectivity index (χ3n) is 5.64. The molecule has 3 atom stereocenters. The van der Waals surface area contributed by atoms with Crippen LogP contribution in [0.5, 0.6) is 0 Å². The smallest absolute Gasteiger partial charge is 0.411 e. The molecule has 3 aliphatic carbocycles. The van der Waals surface area contributed by atoms with Crippen LogP contribution >= 0.6 is 0 Å². The molecule has 0 aromatic carbocycles. The summed E-state index contributed by atoms with van der Waals surface area (Å²) in [6.45, 7) is 6.20. The Morgan fingerprint density at radius 2 is 1.64 bits per heavy atom. The molecule has 5 nitrogen and oxygen atoms in total. The van der Waals surface area contributed by atoms with Crippen molar-refractivity contribution in [3.63, 3.8) is 0 Å². The van der Waals surface area contributed by atoms with E-state index in [0.29, 0.717) is 24.3 Å². The van der Waals surface area contributed by atoms with Crippen LogP contribution in [0.2, 0.25) is 0 Å².